The van der Waals surface area contributed by atoms with Gasteiger partial charge in [-0.05, 0) is 32.2 Å². The van der Waals surface area contributed by atoms with Crippen LogP contribution in [-0.2, 0) is 6.54 Å². The summed E-state index contributed by atoms with van der Waals surface area (Å²) in [4.78, 5) is 32.2. The zero-order chi connectivity index (χ0) is 18.0. The lowest BCUT2D eigenvalue weighted by atomic mass is 10.3. The molecule has 0 fully saturated rings. The zero-order valence-electron chi connectivity index (χ0n) is 14.1. The van der Waals surface area contributed by atoms with Gasteiger partial charge >= 0.3 is 6.03 Å². The summed E-state index contributed by atoms with van der Waals surface area (Å²) in [6, 6.07) is 5.23. The number of carbonyl (C=O) groups excluding carboxylic acids is 1. The van der Waals surface area contributed by atoms with Crippen molar-refractivity contribution in [3.8, 4) is 5.95 Å². The van der Waals surface area contributed by atoms with Crippen LogP contribution in [-0.4, -0.2) is 25.8 Å². The molecule has 3 heterocycles. The summed E-state index contributed by atoms with van der Waals surface area (Å²) in [6.45, 7) is 5.70. The lowest BCUT2D eigenvalue weighted by Gasteiger charge is -2.10. The molecule has 0 aliphatic heterocycles. The molecular weight excluding hydrogens is 340 g/mol. The Bertz CT molecular complexity index is 958. The van der Waals surface area contributed by atoms with Gasteiger partial charge in [0.05, 0.1) is 12.2 Å². The van der Waals surface area contributed by atoms with Crippen molar-refractivity contribution in [1.82, 2.24) is 25.1 Å². The quantitative estimate of drug-likeness (QED) is 0.665. The smallest absolute Gasteiger partial charge is 0.320 e. The Balaban J connectivity index is 1.81. The summed E-state index contributed by atoms with van der Waals surface area (Å²) in [7, 11) is 0. The third kappa shape index (κ3) is 3.77. The minimum Gasteiger partial charge on any atom is -0.333 e. The van der Waals surface area contributed by atoms with Crippen molar-refractivity contribution in [1.29, 1.82) is 0 Å². The third-order valence-corrected chi connectivity index (χ3v) is 4.54. The first-order valence-electron chi connectivity index (χ1n) is 7.66. The van der Waals surface area contributed by atoms with Gasteiger partial charge in [0.1, 0.15) is 5.82 Å². The molecule has 130 valence electrons. The Kier molecular flexibility index (Phi) is 4.66. The van der Waals surface area contributed by atoms with Crippen molar-refractivity contribution in [2.75, 3.05) is 5.32 Å². The Morgan fingerprint density at radius 2 is 2.16 bits per heavy atom. The Morgan fingerprint density at radius 3 is 2.84 bits per heavy atom. The van der Waals surface area contributed by atoms with Gasteiger partial charge in [0.2, 0.25) is 5.95 Å². The molecule has 3 rings (SSSR count). The number of aromatic amines is 1. The average Bonchev–Trinajstić information content (AvgIpc) is 3.20. The number of anilines is 1. The molecule has 25 heavy (non-hydrogen) atoms. The second kappa shape index (κ2) is 6.89. The predicted octanol–water partition coefficient (Wildman–Crippen LogP) is 2.26. The highest BCUT2D eigenvalue weighted by Crippen LogP contribution is 2.14. The normalized spacial score (nSPS) is 10.7. The summed E-state index contributed by atoms with van der Waals surface area (Å²) in [5, 5.41) is 11.8. The van der Waals surface area contributed by atoms with Gasteiger partial charge in [0.25, 0.3) is 5.56 Å². The molecule has 8 nitrogen and oxygen atoms in total. The van der Waals surface area contributed by atoms with Crippen molar-refractivity contribution in [2.45, 2.75) is 27.3 Å². The molecule has 0 atom stereocenters. The number of hydrogen-bond donors (Lipinski definition) is 3. The van der Waals surface area contributed by atoms with E-state index in [-0.39, 0.29) is 17.5 Å². The SMILES string of the molecule is Cc1cc(NC(=O)NCc2cccs2)n(-c2nc(C)c(C)c(=O)[nH]2)n1. The zero-order valence-corrected chi connectivity index (χ0v) is 14.9. The van der Waals surface area contributed by atoms with Crippen LogP contribution in [0.5, 0.6) is 0 Å². The molecule has 2 amide bonds. The highest BCUT2D eigenvalue weighted by Gasteiger charge is 2.14. The van der Waals surface area contributed by atoms with E-state index in [9.17, 15) is 9.59 Å². The largest absolute Gasteiger partial charge is 0.333 e. The van der Waals surface area contributed by atoms with Crippen molar-refractivity contribution in [2.24, 2.45) is 0 Å². The molecule has 3 N–H and O–H groups in total. The molecule has 3 aromatic rings. The van der Waals surface area contributed by atoms with E-state index in [0.717, 1.165) is 4.88 Å². The number of nitrogens with zero attached hydrogens (tertiary/aromatic N) is 3. The van der Waals surface area contributed by atoms with Crippen LogP contribution >= 0.6 is 11.3 Å². The van der Waals surface area contributed by atoms with E-state index in [4.69, 9.17) is 0 Å². The predicted molar refractivity (Wildman–Crippen MR) is 96.4 cm³/mol. The van der Waals surface area contributed by atoms with Crippen LogP contribution in [0.4, 0.5) is 10.6 Å². The number of nitrogens with one attached hydrogen (secondary N) is 3. The highest BCUT2D eigenvalue weighted by molar-refractivity contribution is 7.09. The number of thiophene rings is 1. The van der Waals surface area contributed by atoms with E-state index in [1.807, 2.05) is 17.5 Å². The van der Waals surface area contributed by atoms with E-state index in [1.165, 1.54) is 4.68 Å². The number of H-pyrrole nitrogens is 1. The molecular formula is C16H18N6O2S. The Hall–Kier alpha value is -2.94. The van der Waals surface area contributed by atoms with Gasteiger partial charge in [-0.2, -0.15) is 9.78 Å². The molecule has 0 aliphatic rings. The lowest BCUT2D eigenvalue weighted by molar-refractivity contribution is 0.251. The molecule has 0 radical (unpaired) electrons. The second-order valence-electron chi connectivity index (χ2n) is 5.57. The molecule has 0 aliphatic carbocycles. The van der Waals surface area contributed by atoms with Crippen LogP contribution < -0.4 is 16.2 Å². The van der Waals surface area contributed by atoms with Gasteiger partial charge in [0, 0.05) is 22.2 Å². The van der Waals surface area contributed by atoms with Gasteiger partial charge in [-0.1, -0.05) is 6.07 Å². The minimum absolute atomic E-state index is 0.233. The summed E-state index contributed by atoms with van der Waals surface area (Å²) in [5.74, 6) is 0.683. The van der Waals surface area contributed by atoms with Gasteiger partial charge < -0.3 is 5.32 Å². The lowest BCUT2D eigenvalue weighted by Crippen LogP contribution is -2.29. The maximum absolute atomic E-state index is 12.1. The van der Waals surface area contributed by atoms with Crippen LogP contribution in [0, 0.1) is 20.8 Å². The highest BCUT2D eigenvalue weighted by atomic mass is 32.1. The molecule has 0 bridgehead atoms. The van der Waals surface area contributed by atoms with Crippen LogP contribution in [0.15, 0.2) is 28.4 Å². The fourth-order valence-electron chi connectivity index (χ4n) is 2.22. The van der Waals surface area contributed by atoms with Gasteiger partial charge in [-0.3, -0.25) is 15.1 Å². The monoisotopic (exact) mass is 358 g/mol. The fraction of sp³-hybridized carbons (Fsp3) is 0.250. The van der Waals surface area contributed by atoms with Gasteiger partial charge in [-0.15, -0.1) is 11.3 Å². The van der Waals surface area contributed by atoms with Gasteiger partial charge in [-0.25, -0.2) is 9.78 Å². The Labute approximate surface area is 147 Å². The number of rotatable bonds is 4. The first-order valence-corrected chi connectivity index (χ1v) is 8.54. The first kappa shape index (κ1) is 16.9. The molecule has 0 saturated carbocycles. The number of carbonyl (C=O) groups is 1. The topological polar surface area (TPSA) is 105 Å². The van der Waals surface area contributed by atoms with Crippen LogP contribution in [0.3, 0.4) is 0 Å². The molecule has 0 saturated heterocycles. The van der Waals surface area contributed by atoms with E-state index >= 15 is 0 Å². The van der Waals surface area contributed by atoms with Crippen molar-refractivity contribution < 1.29 is 4.79 Å². The Morgan fingerprint density at radius 1 is 1.36 bits per heavy atom. The maximum Gasteiger partial charge on any atom is 0.320 e. The van der Waals surface area contributed by atoms with Gasteiger partial charge in [0.15, 0.2) is 0 Å². The number of hydrogen-bond acceptors (Lipinski definition) is 5. The minimum atomic E-state index is -0.360. The molecule has 3 aromatic heterocycles. The third-order valence-electron chi connectivity index (χ3n) is 3.66. The molecule has 0 unspecified atom stereocenters. The standard InChI is InChI=1S/C16H18N6O2S/c1-9-7-13(19-16(24)17-8-12-5-4-6-25-12)22(21-9)15-18-11(3)10(2)14(23)20-15/h4-7H,8H2,1-3H3,(H2,17,19,24)(H,18,20,23). The van der Waals surface area contributed by atoms with Crippen molar-refractivity contribution in [3.05, 3.63) is 55.8 Å². The molecule has 9 heteroatoms. The number of aromatic nitrogens is 4. The summed E-state index contributed by atoms with van der Waals surface area (Å²) < 4.78 is 1.41. The number of amides is 2. The van der Waals surface area contributed by atoms with Crippen molar-refractivity contribution >= 4 is 23.2 Å². The number of aryl methyl sites for hydroxylation is 2. The summed E-state index contributed by atoms with van der Waals surface area (Å²) >= 11 is 1.57. The van der Waals surface area contributed by atoms with Crippen LogP contribution in [0.1, 0.15) is 21.8 Å². The van der Waals surface area contributed by atoms with Crippen molar-refractivity contribution in [3.63, 3.8) is 0 Å². The molecule has 0 aromatic carbocycles. The number of urea groups is 1. The van der Waals surface area contributed by atoms with E-state index in [1.54, 1.807) is 38.2 Å². The van der Waals surface area contributed by atoms with E-state index in [2.05, 4.69) is 25.7 Å². The average molecular weight is 358 g/mol. The van der Waals surface area contributed by atoms with E-state index < -0.39 is 0 Å². The summed E-state index contributed by atoms with van der Waals surface area (Å²) in [5.41, 5.74) is 1.62. The van der Waals surface area contributed by atoms with Crippen LogP contribution in [0.2, 0.25) is 0 Å². The maximum atomic E-state index is 12.1. The second-order valence-corrected chi connectivity index (χ2v) is 6.60. The molecule has 0 spiro atoms. The van der Waals surface area contributed by atoms with Crippen LogP contribution in [0.25, 0.3) is 5.95 Å². The summed E-state index contributed by atoms with van der Waals surface area (Å²) in [6.07, 6.45) is 0. The van der Waals surface area contributed by atoms with E-state index in [0.29, 0.717) is 29.3 Å². The fourth-order valence-corrected chi connectivity index (χ4v) is 2.87. The first-order chi connectivity index (χ1) is 11.9.